The van der Waals surface area contributed by atoms with Crippen molar-refractivity contribution in [1.29, 1.82) is 0 Å². The number of carbonyl (C=O) groups is 1. The van der Waals surface area contributed by atoms with Crippen molar-refractivity contribution in [2.45, 2.75) is 25.7 Å². The van der Waals surface area contributed by atoms with E-state index < -0.39 is 16.1 Å². The zero-order valence-electron chi connectivity index (χ0n) is 15.0. The van der Waals surface area contributed by atoms with Gasteiger partial charge in [-0.05, 0) is 37.1 Å². The van der Waals surface area contributed by atoms with Crippen molar-refractivity contribution in [2.24, 2.45) is 5.92 Å². The molecule has 1 aliphatic rings. The minimum absolute atomic E-state index is 0.231. The van der Waals surface area contributed by atoms with Gasteiger partial charge in [-0.15, -0.1) is 0 Å². The van der Waals surface area contributed by atoms with Crippen LogP contribution in [0.15, 0.2) is 29.2 Å². The Bertz CT molecular complexity index is 665. The highest BCUT2D eigenvalue weighted by molar-refractivity contribution is 7.89. The van der Waals surface area contributed by atoms with E-state index in [1.807, 2.05) is 0 Å². The number of rotatable bonds is 6. The monoisotopic (exact) mass is 370 g/mol. The average molecular weight is 370 g/mol. The summed E-state index contributed by atoms with van der Waals surface area (Å²) in [5, 5.41) is 0. The first-order chi connectivity index (χ1) is 11.8. The molecule has 0 saturated carbocycles. The van der Waals surface area contributed by atoms with Crippen LogP contribution in [0, 0.1) is 5.92 Å². The Balaban J connectivity index is 1.98. The topological polar surface area (TPSA) is 76.2 Å². The van der Waals surface area contributed by atoms with Crippen LogP contribution in [0.25, 0.3) is 0 Å². The summed E-state index contributed by atoms with van der Waals surface area (Å²) in [6.07, 6.45) is -0.397. The van der Waals surface area contributed by atoms with Crippen molar-refractivity contribution < 1.29 is 22.7 Å². The molecule has 0 aliphatic carbocycles. The predicted octanol–water partition coefficient (Wildman–Crippen LogP) is 2.18. The fraction of sp³-hybridized carbons (Fsp3) is 0.588. The first-order valence-corrected chi connectivity index (χ1v) is 9.93. The lowest BCUT2D eigenvalue weighted by molar-refractivity contribution is 0.0934. The fourth-order valence-corrected chi connectivity index (χ4v) is 3.87. The van der Waals surface area contributed by atoms with Crippen molar-refractivity contribution >= 4 is 16.1 Å². The summed E-state index contributed by atoms with van der Waals surface area (Å²) in [6.45, 7) is 7.90. The van der Waals surface area contributed by atoms with Crippen LogP contribution in [0.2, 0.25) is 0 Å². The summed E-state index contributed by atoms with van der Waals surface area (Å²) in [7, 11) is -3.57. The highest BCUT2D eigenvalue weighted by atomic mass is 32.2. The molecule has 25 heavy (non-hydrogen) atoms. The number of hydrogen-bond donors (Lipinski definition) is 0. The van der Waals surface area contributed by atoms with Gasteiger partial charge in [0, 0.05) is 26.2 Å². The molecule has 1 aromatic rings. The molecule has 0 atom stereocenters. The normalized spacial score (nSPS) is 16.1. The van der Waals surface area contributed by atoms with Gasteiger partial charge in [0.1, 0.15) is 5.75 Å². The Morgan fingerprint density at radius 3 is 2.24 bits per heavy atom. The number of sulfonamides is 1. The van der Waals surface area contributed by atoms with E-state index in [1.165, 1.54) is 9.21 Å². The van der Waals surface area contributed by atoms with E-state index in [0.29, 0.717) is 38.0 Å². The van der Waals surface area contributed by atoms with Gasteiger partial charge in [0.2, 0.25) is 10.0 Å². The van der Waals surface area contributed by atoms with Gasteiger partial charge in [-0.1, -0.05) is 13.8 Å². The third-order valence-corrected chi connectivity index (χ3v) is 5.72. The molecule has 8 heteroatoms. The quantitative estimate of drug-likeness (QED) is 0.767. The summed E-state index contributed by atoms with van der Waals surface area (Å²) < 4.78 is 37.4. The molecule has 0 radical (unpaired) electrons. The molecule has 0 N–H and O–H groups in total. The van der Waals surface area contributed by atoms with Crippen LogP contribution in [-0.4, -0.2) is 63.1 Å². The van der Waals surface area contributed by atoms with Crippen LogP contribution in [0.1, 0.15) is 20.8 Å². The molecule has 0 spiro atoms. The third-order valence-electron chi connectivity index (χ3n) is 3.81. The summed E-state index contributed by atoms with van der Waals surface area (Å²) in [5.74, 6) is 1.05. The van der Waals surface area contributed by atoms with Crippen LogP contribution in [0.4, 0.5) is 4.79 Å². The lowest BCUT2D eigenvalue weighted by Crippen LogP contribution is -2.50. The predicted molar refractivity (Wildman–Crippen MR) is 94.1 cm³/mol. The molecule has 1 saturated heterocycles. The van der Waals surface area contributed by atoms with Crippen molar-refractivity contribution in [3.63, 3.8) is 0 Å². The summed E-state index contributed by atoms with van der Waals surface area (Å²) in [5.41, 5.74) is 0. The van der Waals surface area contributed by atoms with Crippen molar-refractivity contribution in [3.05, 3.63) is 24.3 Å². The molecular weight excluding hydrogens is 344 g/mol. The van der Waals surface area contributed by atoms with E-state index in [2.05, 4.69) is 13.8 Å². The molecule has 140 valence electrons. The van der Waals surface area contributed by atoms with Gasteiger partial charge in [0.25, 0.3) is 0 Å². The largest absolute Gasteiger partial charge is 0.493 e. The molecule has 7 nitrogen and oxygen atoms in total. The molecule has 1 aromatic carbocycles. The van der Waals surface area contributed by atoms with Crippen molar-refractivity contribution in [3.8, 4) is 5.75 Å². The third kappa shape index (κ3) is 5.09. The molecule has 1 amide bonds. The van der Waals surface area contributed by atoms with Crippen LogP contribution < -0.4 is 4.74 Å². The number of hydrogen-bond acceptors (Lipinski definition) is 5. The van der Waals surface area contributed by atoms with E-state index in [4.69, 9.17) is 9.47 Å². The maximum atomic E-state index is 12.7. The number of ether oxygens (including phenoxy) is 2. The van der Waals surface area contributed by atoms with Crippen molar-refractivity contribution in [2.75, 3.05) is 39.4 Å². The van der Waals surface area contributed by atoms with Gasteiger partial charge >= 0.3 is 6.09 Å². The highest BCUT2D eigenvalue weighted by Gasteiger charge is 2.30. The second kappa shape index (κ2) is 8.53. The van der Waals surface area contributed by atoms with Gasteiger partial charge in [-0.3, -0.25) is 0 Å². The number of amides is 1. The average Bonchev–Trinajstić information content (AvgIpc) is 2.60. The fourth-order valence-electron chi connectivity index (χ4n) is 2.45. The molecule has 2 rings (SSSR count). The van der Waals surface area contributed by atoms with Crippen LogP contribution >= 0.6 is 0 Å². The van der Waals surface area contributed by atoms with Crippen LogP contribution in [0.3, 0.4) is 0 Å². The zero-order valence-corrected chi connectivity index (χ0v) is 15.8. The maximum Gasteiger partial charge on any atom is 0.409 e. The first kappa shape index (κ1) is 19.5. The minimum atomic E-state index is -3.57. The summed E-state index contributed by atoms with van der Waals surface area (Å²) >= 11 is 0. The second-order valence-electron chi connectivity index (χ2n) is 6.27. The van der Waals surface area contributed by atoms with E-state index >= 15 is 0 Å². The van der Waals surface area contributed by atoms with Crippen molar-refractivity contribution in [1.82, 2.24) is 9.21 Å². The summed E-state index contributed by atoms with van der Waals surface area (Å²) in [6, 6.07) is 6.46. The zero-order chi connectivity index (χ0) is 18.4. The SMILES string of the molecule is CCOC(=O)N1CCN(S(=O)(=O)c2ccc(OCC(C)C)cc2)CC1. The van der Waals surface area contributed by atoms with Crippen LogP contribution in [-0.2, 0) is 14.8 Å². The Morgan fingerprint density at radius 2 is 1.72 bits per heavy atom. The Morgan fingerprint density at radius 1 is 1.12 bits per heavy atom. The molecule has 1 fully saturated rings. The van der Waals surface area contributed by atoms with E-state index in [1.54, 1.807) is 31.2 Å². The molecular formula is C17H26N2O5S. The van der Waals surface area contributed by atoms with E-state index in [9.17, 15) is 13.2 Å². The van der Waals surface area contributed by atoms with E-state index in [0.717, 1.165) is 0 Å². The molecule has 0 bridgehead atoms. The smallest absolute Gasteiger partial charge is 0.409 e. The highest BCUT2D eigenvalue weighted by Crippen LogP contribution is 2.21. The lowest BCUT2D eigenvalue weighted by Gasteiger charge is -2.33. The molecule has 0 aromatic heterocycles. The number of carbonyl (C=O) groups excluding carboxylic acids is 1. The first-order valence-electron chi connectivity index (χ1n) is 8.49. The standard InChI is InChI=1S/C17H26N2O5S/c1-4-23-17(20)18-9-11-19(12-10-18)25(21,22)16-7-5-15(6-8-16)24-13-14(2)3/h5-8,14H,4,9-13H2,1-3H3. The number of nitrogens with zero attached hydrogens (tertiary/aromatic N) is 2. The lowest BCUT2D eigenvalue weighted by atomic mass is 10.2. The Labute approximate surface area is 149 Å². The molecule has 1 heterocycles. The second-order valence-corrected chi connectivity index (χ2v) is 8.20. The van der Waals surface area contributed by atoms with Gasteiger partial charge in [0.15, 0.2) is 0 Å². The molecule has 0 unspecified atom stereocenters. The van der Waals surface area contributed by atoms with Gasteiger partial charge in [-0.2, -0.15) is 4.31 Å². The Hall–Kier alpha value is -1.80. The van der Waals surface area contributed by atoms with Gasteiger partial charge in [0.05, 0.1) is 18.1 Å². The maximum absolute atomic E-state index is 12.7. The Kier molecular flexibility index (Phi) is 6.66. The van der Waals surface area contributed by atoms with Crippen LogP contribution in [0.5, 0.6) is 5.75 Å². The minimum Gasteiger partial charge on any atom is -0.493 e. The number of benzene rings is 1. The van der Waals surface area contributed by atoms with E-state index in [-0.39, 0.29) is 18.0 Å². The van der Waals surface area contributed by atoms with Gasteiger partial charge < -0.3 is 14.4 Å². The summed E-state index contributed by atoms with van der Waals surface area (Å²) in [4.78, 5) is 13.4. The number of piperazine rings is 1. The van der Waals surface area contributed by atoms with Gasteiger partial charge in [-0.25, -0.2) is 13.2 Å². The molecule has 1 aliphatic heterocycles.